The van der Waals surface area contributed by atoms with Gasteiger partial charge in [0.05, 0.1) is 5.75 Å². The molecule has 0 spiro atoms. The van der Waals surface area contributed by atoms with Gasteiger partial charge < -0.3 is 5.32 Å². The van der Waals surface area contributed by atoms with Gasteiger partial charge in [0.2, 0.25) is 5.91 Å². The molecule has 1 saturated carbocycles. The fraction of sp³-hybridized carbons (Fsp3) is 0.889. The maximum absolute atomic E-state index is 11.1. The maximum Gasteiger partial charge on any atom is 0.230 e. The Labute approximate surface area is 79.5 Å². The van der Waals surface area contributed by atoms with E-state index in [9.17, 15) is 4.79 Å². The normalized spacial score (nSPS) is 20.8. The van der Waals surface area contributed by atoms with Crippen molar-refractivity contribution in [3.63, 3.8) is 0 Å². The quantitative estimate of drug-likeness (QED) is 0.648. The number of rotatable bonds is 3. The highest BCUT2D eigenvalue weighted by molar-refractivity contribution is 7.81. The number of hydrogen-bond acceptors (Lipinski definition) is 2. The maximum atomic E-state index is 11.1. The molecule has 0 radical (unpaired) electrons. The van der Waals surface area contributed by atoms with Gasteiger partial charge in [-0.1, -0.05) is 19.8 Å². The van der Waals surface area contributed by atoms with Crippen molar-refractivity contribution < 1.29 is 4.79 Å². The summed E-state index contributed by atoms with van der Waals surface area (Å²) in [5.74, 6) is 0.379. The van der Waals surface area contributed by atoms with E-state index >= 15 is 0 Å². The summed E-state index contributed by atoms with van der Waals surface area (Å²) in [6.45, 7) is 2.14. The average molecular weight is 187 g/mol. The Bertz CT molecular complexity index is 164. The highest BCUT2D eigenvalue weighted by atomic mass is 32.1. The Morgan fingerprint density at radius 1 is 1.50 bits per heavy atom. The first-order valence-corrected chi connectivity index (χ1v) is 5.27. The van der Waals surface area contributed by atoms with Crippen molar-refractivity contribution in [1.29, 1.82) is 0 Å². The minimum Gasteiger partial charge on any atom is -0.350 e. The number of carbonyl (C=O) groups excluding carboxylic acids is 1. The molecule has 1 N–H and O–H groups in total. The van der Waals surface area contributed by atoms with Gasteiger partial charge in [-0.2, -0.15) is 12.6 Å². The van der Waals surface area contributed by atoms with Gasteiger partial charge >= 0.3 is 0 Å². The Balaban J connectivity index is 2.49. The van der Waals surface area contributed by atoms with Crippen LogP contribution in [0.5, 0.6) is 0 Å². The Morgan fingerprint density at radius 2 is 2.08 bits per heavy atom. The van der Waals surface area contributed by atoms with Crippen LogP contribution in [0.25, 0.3) is 0 Å². The molecule has 0 unspecified atom stereocenters. The van der Waals surface area contributed by atoms with Crippen molar-refractivity contribution in [2.45, 2.75) is 44.6 Å². The van der Waals surface area contributed by atoms with Crippen LogP contribution in [0.3, 0.4) is 0 Å². The van der Waals surface area contributed by atoms with E-state index in [2.05, 4.69) is 24.9 Å². The van der Waals surface area contributed by atoms with E-state index in [1.165, 1.54) is 12.8 Å². The highest BCUT2D eigenvalue weighted by Crippen LogP contribution is 2.32. The Kier molecular flexibility index (Phi) is 3.44. The van der Waals surface area contributed by atoms with Gasteiger partial charge in [0.15, 0.2) is 0 Å². The summed E-state index contributed by atoms with van der Waals surface area (Å²) in [6.07, 6.45) is 5.83. The molecule has 0 aromatic heterocycles. The third-order valence-electron chi connectivity index (χ3n) is 2.79. The van der Waals surface area contributed by atoms with E-state index in [0.717, 1.165) is 19.3 Å². The molecular formula is C9H17NOS. The van der Waals surface area contributed by atoms with Gasteiger partial charge in [-0.15, -0.1) is 0 Å². The van der Waals surface area contributed by atoms with Gasteiger partial charge in [0, 0.05) is 5.54 Å². The second-order valence-corrected chi connectivity index (χ2v) is 3.86. The standard InChI is InChI=1S/C9H17NOS/c1-2-9(5-3-4-6-9)10-8(11)7-12/h12H,2-7H2,1H3,(H,10,11). The lowest BCUT2D eigenvalue weighted by Gasteiger charge is -2.28. The second kappa shape index (κ2) is 4.17. The molecule has 0 aromatic carbocycles. The Morgan fingerprint density at radius 3 is 2.50 bits per heavy atom. The third-order valence-corrected chi connectivity index (χ3v) is 3.07. The topological polar surface area (TPSA) is 29.1 Å². The summed E-state index contributed by atoms with van der Waals surface area (Å²) in [5.41, 5.74) is 0.111. The van der Waals surface area contributed by atoms with Gasteiger partial charge in [-0.3, -0.25) is 4.79 Å². The Hall–Kier alpha value is -0.180. The summed E-state index contributed by atoms with van der Waals surface area (Å²) >= 11 is 3.95. The van der Waals surface area contributed by atoms with Crippen LogP contribution in [-0.2, 0) is 4.79 Å². The molecule has 1 rings (SSSR count). The van der Waals surface area contributed by atoms with E-state index in [-0.39, 0.29) is 11.4 Å². The zero-order valence-corrected chi connectivity index (χ0v) is 8.49. The summed E-state index contributed by atoms with van der Waals surface area (Å²) in [7, 11) is 0. The van der Waals surface area contributed by atoms with Crippen LogP contribution in [0.2, 0.25) is 0 Å². The molecule has 0 bridgehead atoms. The lowest BCUT2D eigenvalue weighted by atomic mass is 9.94. The number of hydrogen-bond donors (Lipinski definition) is 2. The summed E-state index contributed by atoms with van der Waals surface area (Å²) in [5, 5.41) is 3.08. The summed E-state index contributed by atoms with van der Waals surface area (Å²) in [6, 6.07) is 0. The van der Waals surface area contributed by atoms with Crippen LogP contribution in [0, 0.1) is 0 Å². The zero-order chi connectivity index (χ0) is 9.03. The lowest BCUT2D eigenvalue weighted by molar-refractivity contribution is -0.120. The first-order valence-electron chi connectivity index (χ1n) is 4.64. The molecule has 3 heteroatoms. The summed E-state index contributed by atoms with van der Waals surface area (Å²) in [4.78, 5) is 11.1. The van der Waals surface area contributed by atoms with Gasteiger partial charge in [0.25, 0.3) is 0 Å². The third kappa shape index (κ3) is 2.16. The molecule has 1 aliphatic carbocycles. The van der Waals surface area contributed by atoms with Crippen LogP contribution in [0.4, 0.5) is 0 Å². The largest absolute Gasteiger partial charge is 0.350 e. The van der Waals surface area contributed by atoms with Crippen molar-refractivity contribution >= 4 is 18.5 Å². The fourth-order valence-corrected chi connectivity index (χ4v) is 2.03. The van der Waals surface area contributed by atoms with Crippen molar-refractivity contribution in [1.82, 2.24) is 5.32 Å². The van der Waals surface area contributed by atoms with E-state index < -0.39 is 0 Å². The van der Waals surface area contributed by atoms with Crippen molar-refractivity contribution in [3.8, 4) is 0 Å². The molecule has 2 nitrogen and oxygen atoms in total. The van der Waals surface area contributed by atoms with E-state index in [0.29, 0.717) is 5.75 Å². The van der Waals surface area contributed by atoms with Crippen LogP contribution in [0.1, 0.15) is 39.0 Å². The lowest BCUT2D eigenvalue weighted by Crippen LogP contribution is -2.46. The van der Waals surface area contributed by atoms with Crippen LogP contribution >= 0.6 is 12.6 Å². The molecule has 12 heavy (non-hydrogen) atoms. The van der Waals surface area contributed by atoms with Crippen molar-refractivity contribution in [2.24, 2.45) is 0 Å². The minimum absolute atomic E-state index is 0.0714. The number of amides is 1. The molecule has 1 amide bonds. The van der Waals surface area contributed by atoms with Gasteiger partial charge in [-0.25, -0.2) is 0 Å². The van der Waals surface area contributed by atoms with Crippen LogP contribution in [-0.4, -0.2) is 17.2 Å². The molecule has 70 valence electrons. The van der Waals surface area contributed by atoms with Crippen LogP contribution in [0.15, 0.2) is 0 Å². The average Bonchev–Trinajstić information content (AvgIpc) is 2.54. The van der Waals surface area contributed by atoms with Gasteiger partial charge in [0.1, 0.15) is 0 Å². The number of carbonyl (C=O) groups is 1. The molecule has 1 aliphatic rings. The smallest absolute Gasteiger partial charge is 0.230 e. The SMILES string of the molecule is CCC1(NC(=O)CS)CCCC1. The molecule has 0 atom stereocenters. The molecule has 0 aliphatic heterocycles. The number of nitrogens with one attached hydrogen (secondary N) is 1. The minimum atomic E-state index is 0.0714. The van der Waals surface area contributed by atoms with Crippen molar-refractivity contribution in [3.05, 3.63) is 0 Å². The zero-order valence-electron chi connectivity index (χ0n) is 7.60. The number of thiol groups is 1. The molecule has 1 fully saturated rings. The molecule has 0 saturated heterocycles. The fourth-order valence-electron chi connectivity index (χ4n) is 1.95. The predicted molar refractivity (Wildman–Crippen MR) is 53.5 cm³/mol. The molecular weight excluding hydrogens is 170 g/mol. The van der Waals surface area contributed by atoms with Crippen molar-refractivity contribution in [2.75, 3.05) is 5.75 Å². The predicted octanol–water partition coefficient (Wildman–Crippen LogP) is 1.76. The van der Waals surface area contributed by atoms with E-state index in [4.69, 9.17) is 0 Å². The van der Waals surface area contributed by atoms with E-state index in [1.807, 2.05) is 0 Å². The summed E-state index contributed by atoms with van der Waals surface area (Å²) < 4.78 is 0. The van der Waals surface area contributed by atoms with E-state index in [1.54, 1.807) is 0 Å². The van der Waals surface area contributed by atoms with Gasteiger partial charge in [-0.05, 0) is 19.3 Å². The first kappa shape index (κ1) is 9.90. The monoisotopic (exact) mass is 187 g/mol. The molecule has 0 aromatic rings. The first-order chi connectivity index (χ1) is 5.72. The molecule has 0 heterocycles. The van der Waals surface area contributed by atoms with Crippen LogP contribution < -0.4 is 5.32 Å². The second-order valence-electron chi connectivity index (χ2n) is 3.55. The highest BCUT2D eigenvalue weighted by Gasteiger charge is 2.32.